The van der Waals surface area contributed by atoms with Crippen molar-refractivity contribution in [2.24, 2.45) is 0 Å². The van der Waals surface area contributed by atoms with Gasteiger partial charge in [-0.1, -0.05) is 48.5 Å². The van der Waals surface area contributed by atoms with Crippen molar-refractivity contribution in [3.05, 3.63) is 71.3 Å². The van der Waals surface area contributed by atoms with E-state index in [9.17, 15) is 9.90 Å². The number of methoxy groups -OCH3 is 1. The minimum atomic E-state index is -0.694. The quantitative estimate of drug-likeness (QED) is 0.785. The first kappa shape index (κ1) is 17.2. The van der Waals surface area contributed by atoms with E-state index in [-0.39, 0.29) is 19.1 Å². The maximum absolute atomic E-state index is 12.3. The third-order valence-electron chi connectivity index (χ3n) is 3.65. The second kappa shape index (κ2) is 9.08. The van der Waals surface area contributed by atoms with E-state index in [1.807, 2.05) is 42.5 Å². The Morgan fingerprint density at radius 2 is 1.78 bits per heavy atom. The standard InChI is InChI=1S/C19H23NO3/c1-23-14-17(21)13-20-19(22)18-10-6-5-9-16(18)12-11-15-7-3-2-4-8-15/h2-10,17,21H,11-14H2,1H3,(H,20,22). The van der Waals surface area contributed by atoms with Crippen molar-refractivity contribution in [1.29, 1.82) is 0 Å². The van der Waals surface area contributed by atoms with Crippen molar-refractivity contribution in [1.82, 2.24) is 5.32 Å². The Bertz CT molecular complexity index is 613. The third-order valence-corrected chi connectivity index (χ3v) is 3.65. The van der Waals surface area contributed by atoms with Crippen LogP contribution in [0.15, 0.2) is 54.6 Å². The van der Waals surface area contributed by atoms with E-state index in [2.05, 4.69) is 17.4 Å². The molecule has 122 valence electrons. The van der Waals surface area contributed by atoms with Crippen LogP contribution < -0.4 is 5.32 Å². The molecule has 0 saturated heterocycles. The van der Waals surface area contributed by atoms with Crippen LogP contribution in [0.2, 0.25) is 0 Å². The number of rotatable bonds is 8. The van der Waals surface area contributed by atoms with Gasteiger partial charge in [0.1, 0.15) is 0 Å². The van der Waals surface area contributed by atoms with Gasteiger partial charge in [-0.3, -0.25) is 4.79 Å². The molecule has 0 saturated carbocycles. The normalized spacial score (nSPS) is 11.9. The molecule has 0 aliphatic rings. The fraction of sp³-hybridized carbons (Fsp3) is 0.316. The average Bonchev–Trinajstić information content (AvgIpc) is 2.59. The summed E-state index contributed by atoms with van der Waals surface area (Å²) in [5, 5.41) is 12.4. The molecule has 1 atom stereocenters. The van der Waals surface area contributed by atoms with Crippen molar-refractivity contribution in [2.75, 3.05) is 20.3 Å². The molecule has 0 radical (unpaired) electrons. The molecular weight excluding hydrogens is 290 g/mol. The van der Waals surface area contributed by atoms with Gasteiger partial charge in [-0.15, -0.1) is 0 Å². The summed E-state index contributed by atoms with van der Waals surface area (Å²) >= 11 is 0. The minimum absolute atomic E-state index is 0.163. The Morgan fingerprint density at radius 3 is 2.52 bits per heavy atom. The maximum Gasteiger partial charge on any atom is 0.251 e. The molecule has 0 fully saturated rings. The number of hydrogen-bond acceptors (Lipinski definition) is 3. The second-order valence-electron chi connectivity index (χ2n) is 5.46. The van der Waals surface area contributed by atoms with Crippen LogP contribution in [0.4, 0.5) is 0 Å². The summed E-state index contributed by atoms with van der Waals surface area (Å²) in [5.41, 5.74) is 2.92. The number of ether oxygens (including phenoxy) is 1. The first-order valence-electron chi connectivity index (χ1n) is 7.77. The third kappa shape index (κ3) is 5.51. The summed E-state index contributed by atoms with van der Waals surface area (Å²) in [6, 6.07) is 17.8. The average molecular weight is 313 g/mol. The minimum Gasteiger partial charge on any atom is -0.389 e. The first-order chi connectivity index (χ1) is 11.2. The second-order valence-corrected chi connectivity index (χ2v) is 5.46. The molecule has 0 aliphatic heterocycles. The van der Waals surface area contributed by atoms with E-state index in [0.29, 0.717) is 5.56 Å². The van der Waals surface area contributed by atoms with Crippen LogP contribution in [0.25, 0.3) is 0 Å². The van der Waals surface area contributed by atoms with Crippen molar-refractivity contribution in [2.45, 2.75) is 18.9 Å². The van der Waals surface area contributed by atoms with Gasteiger partial charge in [0.15, 0.2) is 0 Å². The van der Waals surface area contributed by atoms with Crippen LogP contribution in [-0.2, 0) is 17.6 Å². The molecule has 23 heavy (non-hydrogen) atoms. The van der Waals surface area contributed by atoms with E-state index in [1.54, 1.807) is 0 Å². The number of hydrogen-bond donors (Lipinski definition) is 2. The van der Waals surface area contributed by atoms with Crippen LogP contribution >= 0.6 is 0 Å². The SMILES string of the molecule is COCC(O)CNC(=O)c1ccccc1CCc1ccccc1. The van der Waals surface area contributed by atoms with E-state index in [4.69, 9.17) is 4.74 Å². The molecule has 1 amide bonds. The Labute approximate surface area is 137 Å². The molecule has 0 aliphatic carbocycles. The number of benzene rings is 2. The van der Waals surface area contributed by atoms with Gasteiger partial charge in [0.2, 0.25) is 0 Å². The van der Waals surface area contributed by atoms with Crippen molar-refractivity contribution < 1.29 is 14.6 Å². The zero-order valence-corrected chi connectivity index (χ0v) is 13.4. The zero-order valence-electron chi connectivity index (χ0n) is 13.4. The number of aliphatic hydroxyl groups is 1. The molecule has 0 spiro atoms. The Hall–Kier alpha value is -2.17. The lowest BCUT2D eigenvalue weighted by molar-refractivity contribution is 0.0609. The first-order valence-corrected chi connectivity index (χ1v) is 7.77. The molecule has 0 aromatic heterocycles. The number of aryl methyl sites for hydroxylation is 2. The highest BCUT2D eigenvalue weighted by molar-refractivity contribution is 5.95. The van der Waals surface area contributed by atoms with Gasteiger partial charge in [-0.25, -0.2) is 0 Å². The molecule has 1 unspecified atom stereocenters. The molecule has 4 nitrogen and oxygen atoms in total. The highest BCUT2D eigenvalue weighted by Gasteiger charge is 2.12. The topological polar surface area (TPSA) is 58.6 Å². The van der Waals surface area contributed by atoms with Gasteiger partial charge in [0.05, 0.1) is 12.7 Å². The van der Waals surface area contributed by atoms with Crippen molar-refractivity contribution in [3.63, 3.8) is 0 Å². The summed E-state index contributed by atoms with van der Waals surface area (Å²) < 4.78 is 4.85. The molecule has 2 aromatic rings. The molecule has 2 N–H and O–H groups in total. The van der Waals surface area contributed by atoms with Gasteiger partial charge in [0.25, 0.3) is 5.91 Å². The molecule has 0 bridgehead atoms. The number of nitrogens with one attached hydrogen (secondary N) is 1. The largest absolute Gasteiger partial charge is 0.389 e. The highest BCUT2D eigenvalue weighted by atomic mass is 16.5. The number of carbonyl (C=O) groups excluding carboxylic acids is 1. The lowest BCUT2D eigenvalue weighted by atomic mass is 9.99. The van der Waals surface area contributed by atoms with Crippen molar-refractivity contribution >= 4 is 5.91 Å². The zero-order chi connectivity index (χ0) is 16.5. The molecule has 0 heterocycles. The smallest absolute Gasteiger partial charge is 0.251 e. The van der Waals surface area contributed by atoms with E-state index in [1.165, 1.54) is 12.7 Å². The van der Waals surface area contributed by atoms with Gasteiger partial charge in [0, 0.05) is 19.2 Å². The molecular formula is C19H23NO3. The molecule has 2 rings (SSSR count). The van der Waals surface area contributed by atoms with E-state index >= 15 is 0 Å². The van der Waals surface area contributed by atoms with Gasteiger partial charge >= 0.3 is 0 Å². The van der Waals surface area contributed by atoms with Crippen LogP contribution in [0.1, 0.15) is 21.5 Å². The summed E-state index contributed by atoms with van der Waals surface area (Å²) in [7, 11) is 1.52. The van der Waals surface area contributed by atoms with E-state index < -0.39 is 6.10 Å². The monoisotopic (exact) mass is 313 g/mol. The molecule has 4 heteroatoms. The lowest BCUT2D eigenvalue weighted by Crippen LogP contribution is -2.34. The summed E-state index contributed by atoms with van der Waals surface area (Å²) in [6.45, 7) is 0.385. The predicted octanol–water partition coefficient (Wildman–Crippen LogP) is 2.21. The van der Waals surface area contributed by atoms with Crippen LogP contribution in [-0.4, -0.2) is 37.4 Å². The Balaban J connectivity index is 1.97. The Kier molecular flexibility index (Phi) is 6.78. The van der Waals surface area contributed by atoms with Gasteiger partial charge in [-0.05, 0) is 30.0 Å². The van der Waals surface area contributed by atoms with Crippen LogP contribution in [0.3, 0.4) is 0 Å². The van der Waals surface area contributed by atoms with Crippen LogP contribution in [0, 0.1) is 0 Å². The number of carbonyl (C=O) groups is 1. The summed E-state index contributed by atoms with van der Waals surface area (Å²) in [5.74, 6) is -0.163. The Morgan fingerprint density at radius 1 is 1.09 bits per heavy atom. The number of aliphatic hydroxyl groups excluding tert-OH is 1. The predicted molar refractivity (Wildman–Crippen MR) is 90.5 cm³/mol. The van der Waals surface area contributed by atoms with E-state index in [0.717, 1.165) is 18.4 Å². The fourth-order valence-corrected chi connectivity index (χ4v) is 2.44. The molecule has 2 aromatic carbocycles. The van der Waals surface area contributed by atoms with Gasteiger partial charge in [-0.2, -0.15) is 0 Å². The maximum atomic E-state index is 12.3. The fourth-order valence-electron chi connectivity index (χ4n) is 2.44. The number of amides is 1. The highest BCUT2D eigenvalue weighted by Crippen LogP contribution is 2.13. The lowest BCUT2D eigenvalue weighted by Gasteiger charge is -2.13. The summed E-state index contributed by atoms with van der Waals surface area (Å²) in [6.07, 6.45) is 0.992. The van der Waals surface area contributed by atoms with Crippen LogP contribution in [0.5, 0.6) is 0 Å². The van der Waals surface area contributed by atoms with Crippen molar-refractivity contribution in [3.8, 4) is 0 Å². The van der Waals surface area contributed by atoms with Gasteiger partial charge < -0.3 is 15.2 Å². The summed E-state index contributed by atoms with van der Waals surface area (Å²) in [4.78, 5) is 12.3.